The van der Waals surface area contributed by atoms with E-state index in [2.05, 4.69) is 31.1 Å². The van der Waals surface area contributed by atoms with E-state index in [1.807, 2.05) is 0 Å². The topological polar surface area (TPSA) is 91.0 Å². The fraction of sp³-hybridized carbons (Fsp3) is 0.100. The lowest BCUT2D eigenvalue weighted by Gasteiger charge is -1.91. The number of thiazole rings is 1. The molecule has 3 rings (SSSR count). The average Bonchev–Trinajstić information content (AvgIpc) is 3.07. The number of halogens is 1. The van der Waals surface area contributed by atoms with Crippen molar-refractivity contribution >= 4 is 44.2 Å². The van der Waals surface area contributed by atoms with Gasteiger partial charge in [-0.15, -0.1) is 22.0 Å². The number of thioether (sulfide) groups is 1. The van der Waals surface area contributed by atoms with E-state index in [0.717, 1.165) is 4.21 Å². The van der Waals surface area contributed by atoms with E-state index in [1.165, 1.54) is 11.3 Å². The first-order chi connectivity index (χ1) is 9.20. The third-order valence-electron chi connectivity index (χ3n) is 2.09. The highest BCUT2D eigenvalue weighted by molar-refractivity contribution is 9.10. The molecular formula is C10H7BrN4O2S2. The van der Waals surface area contributed by atoms with Gasteiger partial charge in [-0.2, -0.15) is 0 Å². The Bertz CT molecular complexity index is 693. The van der Waals surface area contributed by atoms with Crippen LogP contribution in [0.3, 0.4) is 0 Å². The average molecular weight is 359 g/mol. The lowest BCUT2D eigenvalue weighted by Crippen LogP contribution is -1.78. The van der Waals surface area contributed by atoms with Crippen molar-refractivity contribution in [3.05, 3.63) is 28.9 Å². The predicted octanol–water partition coefficient (Wildman–Crippen LogP) is 3.42. The number of nitrogens with two attached hydrogens (primary N) is 1. The molecule has 19 heavy (non-hydrogen) atoms. The van der Waals surface area contributed by atoms with Crippen LogP contribution in [-0.4, -0.2) is 15.2 Å². The fourth-order valence-corrected chi connectivity index (χ4v) is 3.21. The smallest absolute Gasteiger partial charge is 0.283 e. The van der Waals surface area contributed by atoms with Gasteiger partial charge in [-0.1, -0.05) is 11.3 Å². The molecule has 0 unspecified atom stereocenters. The van der Waals surface area contributed by atoms with Crippen molar-refractivity contribution in [1.82, 2.24) is 15.2 Å². The molecule has 2 N–H and O–H groups in total. The Balaban J connectivity index is 1.68. The third-order valence-corrected chi connectivity index (χ3v) is 4.52. The van der Waals surface area contributed by atoms with Crippen molar-refractivity contribution in [1.29, 1.82) is 0 Å². The van der Waals surface area contributed by atoms with Crippen LogP contribution in [0.4, 0.5) is 5.13 Å². The monoisotopic (exact) mass is 358 g/mol. The summed E-state index contributed by atoms with van der Waals surface area (Å²) in [5.74, 6) is 2.00. The molecule has 0 fully saturated rings. The summed E-state index contributed by atoms with van der Waals surface area (Å²) in [6.07, 6.45) is 1.73. The number of aromatic nitrogens is 3. The van der Waals surface area contributed by atoms with Crippen molar-refractivity contribution in [2.24, 2.45) is 0 Å². The van der Waals surface area contributed by atoms with Gasteiger partial charge in [0.2, 0.25) is 5.89 Å². The maximum Gasteiger partial charge on any atom is 0.283 e. The van der Waals surface area contributed by atoms with Gasteiger partial charge in [0.25, 0.3) is 5.89 Å². The minimum atomic E-state index is 0.366. The number of hydrogen-bond donors (Lipinski definition) is 1. The van der Waals surface area contributed by atoms with Crippen molar-refractivity contribution in [3.8, 4) is 11.7 Å². The Morgan fingerprint density at radius 2 is 2.21 bits per heavy atom. The van der Waals surface area contributed by atoms with E-state index in [4.69, 9.17) is 14.6 Å². The maximum atomic E-state index is 5.56. The van der Waals surface area contributed by atoms with Crippen LogP contribution in [0, 0.1) is 0 Å². The molecule has 0 atom stereocenters. The van der Waals surface area contributed by atoms with Crippen LogP contribution in [0.2, 0.25) is 0 Å². The second-order valence-electron chi connectivity index (χ2n) is 3.41. The Labute approximate surface area is 124 Å². The molecule has 3 aromatic rings. The summed E-state index contributed by atoms with van der Waals surface area (Å²) < 4.78 is 12.5. The van der Waals surface area contributed by atoms with Crippen LogP contribution in [0.1, 0.15) is 5.89 Å². The quantitative estimate of drug-likeness (QED) is 0.714. The molecule has 6 nitrogen and oxygen atoms in total. The second-order valence-corrected chi connectivity index (χ2v) is 6.53. The molecule has 0 spiro atoms. The van der Waals surface area contributed by atoms with Gasteiger partial charge in [0.1, 0.15) is 0 Å². The van der Waals surface area contributed by atoms with E-state index >= 15 is 0 Å². The molecule has 0 bridgehead atoms. The molecular weight excluding hydrogens is 352 g/mol. The third kappa shape index (κ3) is 2.99. The highest BCUT2D eigenvalue weighted by Crippen LogP contribution is 2.30. The Kier molecular flexibility index (Phi) is 3.58. The molecule has 98 valence electrons. The van der Waals surface area contributed by atoms with E-state index in [0.29, 0.717) is 33.1 Å². The van der Waals surface area contributed by atoms with E-state index in [-0.39, 0.29) is 0 Å². The van der Waals surface area contributed by atoms with Gasteiger partial charge in [0.05, 0.1) is 16.2 Å². The second kappa shape index (κ2) is 5.35. The molecule has 0 aromatic carbocycles. The maximum absolute atomic E-state index is 5.56. The molecule has 0 saturated carbocycles. The van der Waals surface area contributed by atoms with Gasteiger partial charge in [0.15, 0.2) is 15.6 Å². The van der Waals surface area contributed by atoms with Gasteiger partial charge >= 0.3 is 0 Å². The van der Waals surface area contributed by atoms with Crippen molar-refractivity contribution in [3.63, 3.8) is 0 Å². The summed E-state index contributed by atoms with van der Waals surface area (Å²) in [6.45, 7) is 0. The number of hydrogen-bond acceptors (Lipinski definition) is 8. The fourth-order valence-electron chi connectivity index (χ4n) is 1.31. The normalized spacial score (nSPS) is 11.0. The van der Waals surface area contributed by atoms with E-state index in [9.17, 15) is 0 Å². The van der Waals surface area contributed by atoms with Crippen LogP contribution in [-0.2, 0) is 5.75 Å². The van der Waals surface area contributed by atoms with Gasteiger partial charge in [-0.25, -0.2) is 4.98 Å². The largest absolute Gasteiger partial charge is 0.444 e. The van der Waals surface area contributed by atoms with E-state index < -0.39 is 0 Å². The van der Waals surface area contributed by atoms with Crippen LogP contribution < -0.4 is 5.73 Å². The minimum Gasteiger partial charge on any atom is -0.444 e. The summed E-state index contributed by atoms with van der Waals surface area (Å²) in [5, 5.41) is 8.45. The summed E-state index contributed by atoms with van der Waals surface area (Å²) in [7, 11) is 0. The molecule has 9 heteroatoms. The molecule has 0 aliphatic rings. The first-order valence-corrected chi connectivity index (χ1v) is 7.72. The van der Waals surface area contributed by atoms with Gasteiger partial charge in [-0.3, -0.25) is 0 Å². The number of rotatable bonds is 4. The first-order valence-electron chi connectivity index (χ1n) is 5.13. The minimum absolute atomic E-state index is 0.366. The molecule has 0 aliphatic heterocycles. The SMILES string of the molecule is Nc1ncc(SCc2nnc(-c3ccc(Br)o3)o2)s1. The zero-order valence-corrected chi connectivity index (χ0v) is 12.6. The molecule has 0 aliphatic carbocycles. The van der Waals surface area contributed by atoms with Crippen LogP contribution in [0.5, 0.6) is 0 Å². The van der Waals surface area contributed by atoms with Crippen molar-refractivity contribution in [2.75, 3.05) is 5.73 Å². The predicted molar refractivity (Wildman–Crippen MR) is 75.8 cm³/mol. The zero-order chi connectivity index (χ0) is 13.2. The number of anilines is 1. The van der Waals surface area contributed by atoms with E-state index in [1.54, 1.807) is 30.1 Å². The van der Waals surface area contributed by atoms with Crippen LogP contribution in [0.25, 0.3) is 11.7 Å². The van der Waals surface area contributed by atoms with Crippen molar-refractivity contribution in [2.45, 2.75) is 9.96 Å². The zero-order valence-electron chi connectivity index (χ0n) is 9.37. The molecule has 3 aromatic heterocycles. The lowest BCUT2D eigenvalue weighted by atomic mass is 10.5. The Morgan fingerprint density at radius 1 is 1.32 bits per heavy atom. The summed E-state index contributed by atoms with van der Waals surface area (Å²) in [5.41, 5.74) is 5.56. The molecule has 0 saturated heterocycles. The van der Waals surface area contributed by atoms with Gasteiger partial charge in [0, 0.05) is 0 Å². The lowest BCUT2D eigenvalue weighted by molar-refractivity contribution is 0.486. The number of furan rings is 1. The van der Waals surface area contributed by atoms with Gasteiger partial charge in [-0.05, 0) is 28.1 Å². The first kappa shape index (κ1) is 12.7. The Hall–Kier alpha value is -1.32. The number of nitrogens with zero attached hydrogens (tertiary/aromatic N) is 3. The molecule has 3 heterocycles. The highest BCUT2D eigenvalue weighted by Gasteiger charge is 2.12. The number of nitrogen functional groups attached to an aromatic ring is 1. The van der Waals surface area contributed by atoms with Crippen molar-refractivity contribution < 1.29 is 8.83 Å². The molecule has 0 radical (unpaired) electrons. The highest BCUT2D eigenvalue weighted by atomic mass is 79.9. The van der Waals surface area contributed by atoms with Crippen LogP contribution in [0.15, 0.2) is 36.0 Å². The molecule has 0 amide bonds. The summed E-state index contributed by atoms with van der Waals surface area (Å²) in [4.78, 5) is 3.97. The Morgan fingerprint density at radius 3 is 2.89 bits per heavy atom. The van der Waals surface area contributed by atoms with Crippen LogP contribution >= 0.6 is 39.0 Å². The standard InChI is InChI=1S/C10H7BrN4O2S2/c11-6-2-1-5(16-6)9-15-14-7(17-9)4-18-8-3-13-10(12)19-8/h1-3H,4H2,(H2,12,13). The van der Waals surface area contributed by atoms with Gasteiger partial charge < -0.3 is 14.6 Å². The summed E-state index contributed by atoms with van der Waals surface area (Å²) in [6, 6.07) is 3.53. The summed E-state index contributed by atoms with van der Waals surface area (Å²) >= 11 is 6.20.